The topological polar surface area (TPSA) is 37.3 Å². The highest BCUT2D eigenvalue weighted by Gasteiger charge is 2.49. The first kappa shape index (κ1) is 8.42. The number of aldehydes is 1. The van der Waals surface area contributed by atoms with Gasteiger partial charge in [-0.1, -0.05) is 0 Å². The molecule has 2 nitrogen and oxygen atoms in total. The summed E-state index contributed by atoms with van der Waals surface area (Å²) in [4.78, 5) is 9.50. The van der Waals surface area contributed by atoms with Crippen molar-refractivity contribution < 1.29 is 23.1 Å². The van der Waals surface area contributed by atoms with Crippen molar-refractivity contribution in [1.82, 2.24) is 0 Å². The molecule has 5 heteroatoms. The third-order valence-corrected chi connectivity index (χ3v) is 0.803. The molecule has 0 spiro atoms. The Morgan fingerprint density at radius 2 is 1.78 bits per heavy atom. The van der Waals surface area contributed by atoms with Gasteiger partial charge in [0.1, 0.15) is 0 Å². The predicted octanol–water partition coefficient (Wildman–Crippen LogP) is 0.499. The SMILES string of the molecule is CC(O)(C=O)C(F)(F)F. The number of carbonyl (C=O) groups excluding carboxylic acids is 1. The molecule has 1 unspecified atom stereocenters. The van der Waals surface area contributed by atoms with Crippen LogP contribution in [0.4, 0.5) is 13.2 Å². The van der Waals surface area contributed by atoms with Gasteiger partial charge in [0.2, 0.25) is 5.60 Å². The van der Waals surface area contributed by atoms with Gasteiger partial charge in [0.15, 0.2) is 6.29 Å². The summed E-state index contributed by atoms with van der Waals surface area (Å²) >= 11 is 0. The highest BCUT2D eigenvalue weighted by Crippen LogP contribution is 2.27. The van der Waals surface area contributed by atoms with Crippen molar-refractivity contribution in [3.05, 3.63) is 0 Å². The Morgan fingerprint density at radius 1 is 1.44 bits per heavy atom. The Kier molecular flexibility index (Phi) is 1.85. The lowest BCUT2D eigenvalue weighted by molar-refractivity contribution is -0.237. The quantitative estimate of drug-likeness (QED) is 0.541. The summed E-state index contributed by atoms with van der Waals surface area (Å²) in [5, 5.41) is 8.17. The highest BCUT2D eigenvalue weighted by atomic mass is 19.4. The van der Waals surface area contributed by atoms with Crippen LogP contribution in [0, 0.1) is 0 Å². The molecule has 0 amide bonds. The monoisotopic (exact) mass is 142 g/mol. The minimum atomic E-state index is -4.87. The van der Waals surface area contributed by atoms with Gasteiger partial charge in [-0.15, -0.1) is 0 Å². The third-order valence-electron chi connectivity index (χ3n) is 0.803. The van der Waals surface area contributed by atoms with Gasteiger partial charge in [-0.3, -0.25) is 4.79 Å². The molecule has 0 rings (SSSR count). The molecule has 0 aromatic rings. The van der Waals surface area contributed by atoms with Crippen LogP contribution >= 0.6 is 0 Å². The molecular weight excluding hydrogens is 137 g/mol. The molecular formula is C4H5F3O2. The van der Waals surface area contributed by atoms with Crippen LogP contribution < -0.4 is 0 Å². The first-order chi connectivity index (χ1) is 3.81. The number of halogens is 3. The fraction of sp³-hybridized carbons (Fsp3) is 0.750. The summed E-state index contributed by atoms with van der Waals surface area (Å²) in [5.41, 5.74) is -3.20. The van der Waals surface area contributed by atoms with Crippen LogP contribution in [-0.2, 0) is 4.79 Å². The van der Waals surface area contributed by atoms with Crippen molar-refractivity contribution in [1.29, 1.82) is 0 Å². The average molecular weight is 142 g/mol. The predicted molar refractivity (Wildman–Crippen MR) is 22.7 cm³/mol. The first-order valence-electron chi connectivity index (χ1n) is 2.06. The van der Waals surface area contributed by atoms with Gasteiger partial charge in [-0.05, 0) is 6.92 Å². The van der Waals surface area contributed by atoms with Crippen LogP contribution in [0.3, 0.4) is 0 Å². The molecule has 0 bridgehead atoms. The summed E-state index contributed by atoms with van der Waals surface area (Å²) in [6.07, 6.45) is -5.41. The van der Waals surface area contributed by atoms with Gasteiger partial charge in [-0.25, -0.2) is 0 Å². The normalized spacial score (nSPS) is 18.8. The molecule has 0 aliphatic heterocycles. The van der Waals surface area contributed by atoms with Crippen molar-refractivity contribution in [2.24, 2.45) is 0 Å². The highest BCUT2D eigenvalue weighted by molar-refractivity contribution is 5.62. The number of alkyl halides is 3. The molecule has 0 aromatic heterocycles. The van der Waals surface area contributed by atoms with Crippen LogP contribution in [0.15, 0.2) is 0 Å². The standard InChI is InChI=1S/C4H5F3O2/c1-3(9,2-8)4(5,6)7/h2,9H,1H3. The van der Waals surface area contributed by atoms with Crippen molar-refractivity contribution >= 4 is 6.29 Å². The van der Waals surface area contributed by atoms with E-state index in [1.807, 2.05) is 0 Å². The van der Waals surface area contributed by atoms with E-state index in [2.05, 4.69) is 0 Å². The van der Waals surface area contributed by atoms with Crippen molar-refractivity contribution in [2.45, 2.75) is 18.7 Å². The first-order valence-corrected chi connectivity index (χ1v) is 2.06. The number of hydrogen-bond donors (Lipinski definition) is 1. The number of hydrogen-bond acceptors (Lipinski definition) is 2. The Hall–Kier alpha value is -0.580. The van der Waals surface area contributed by atoms with E-state index in [9.17, 15) is 18.0 Å². The molecule has 9 heavy (non-hydrogen) atoms. The van der Waals surface area contributed by atoms with E-state index in [1.165, 1.54) is 0 Å². The second-order valence-corrected chi connectivity index (χ2v) is 1.76. The van der Waals surface area contributed by atoms with Crippen molar-refractivity contribution in [3.8, 4) is 0 Å². The molecule has 0 heterocycles. The van der Waals surface area contributed by atoms with Crippen LogP contribution in [0.5, 0.6) is 0 Å². The minimum Gasteiger partial charge on any atom is -0.375 e. The summed E-state index contributed by atoms with van der Waals surface area (Å²) in [6, 6.07) is 0. The summed E-state index contributed by atoms with van der Waals surface area (Å²) in [6.45, 7) is 0.389. The molecule has 0 saturated heterocycles. The Balaban J connectivity index is 4.32. The maximum Gasteiger partial charge on any atom is 0.423 e. The fourth-order valence-electron chi connectivity index (χ4n) is 0.0668. The molecule has 0 radical (unpaired) electrons. The van der Waals surface area contributed by atoms with Gasteiger partial charge in [0.05, 0.1) is 0 Å². The largest absolute Gasteiger partial charge is 0.423 e. The molecule has 54 valence electrons. The molecule has 1 atom stereocenters. The van der Waals surface area contributed by atoms with Crippen molar-refractivity contribution in [3.63, 3.8) is 0 Å². The molecule has 0 aliphatic carbocycles. The van der Waals surface area contributed by atoms with Crippen LogP contribution in [0.1, 0.15) is 6.92 Å². The molecule has 0 fully saturated rings. The summed E-state index contributed by atoms with van der Waals surface area (Å²) < 4.78 is 34.1. The lowest BCUT2D eigenvalue weighted by Crippen LogP contribution is -2.43. The van der Waals surface area contributed by atoms with Gasteiger partial charge in [0.25, 0.3) is 0 Å². The van der Waals surface area contributed by atoms with E-state index < -0.39 is 18.1 Å². The van der Waals surface area contributed by atoms with Crippen LogP contribution in [0.2, 0.25) is 0 Å². The third kappa shape index (κ3) is 1.67. The van der Waals surface area contributed by atoms with E-state index in [-0.39, 0.29) is 0 Å². The van der Waals surface area contributed by atoms with E-state index in [1.54, 1.807) is 0 Å². The number of rotatable bonds is 1. The van der Waals surface area contributed by atoms with Crippen molar-refractivity contribution in [2.75, 3.05) is 0 Å². The average Bonchev–Trinajstić information content (AvgIpc) is 1.64. The second-order valence-electron chi connectivity index (χ2n) is 1.76. The maximum atomic E-state index is 11.4. The Morgan fingerprint density at radius 3 is 1.78 bits per heavy atom. The minimum absolute atomic E-state index is 0.389. The molecule has 0 saturated carbocycles. The lowest BCUT2D eigenvalue weighted by atomic mass is 10.1. The van der Waals surface area contributed by atoms with Gasteiger partial charge < -0.3 is 5.11 Å². The maximum absolute atomic E-state index is 11.4. The smallest absolute Gasteiger partial charge is 0.375 e. The number of aliphatic hydroxyl groups is 1. The van der Waals surface area contributed by atoms with Gasteiger partial charge in [-0.2, -0.15) is 13.2 Å². The zero-order valence-corrected chi connectivity index (χ0v) is 4.57. The Labute approximate surface area is 49.3 Å². The van der Waals surface area contributed by atoms with E-state index in [4.69, 9.17) is 5.11 Å². The lowest BCUT2D eigenvalue weighted by Gasteiger charge is -2.18. The van der Waals surface area contributed by atoms with Crippen LogP contribution in [0.25, 0.3) is 0 Å². The zero-order chi connectivity index (χ0) is 7.71. The van der Waals surface area contributed by atoms with E-state index >= 15 is 0 Å². The fourth-order valence-corrected chi connectivity index (χ4v) is 0.0668. The molecule has 0 aromatic carbocycles. The summed E-state index contributed by atoms with van der Waals surface area (Å²) in [5.74, 6) is 0. The van der Waals surface area contributed by atoms with E-state index in [0.717, 1.165) is 0 Å². The zero-order valence-electron chi connectivity index (χ0n) is 4.57. The van der Waals surface area contributed by atoms with Gasteiger partial charge in [0, 0.05) is 0 Å². The van der Waals surface area contributed by atoms with E-state index in [0.29, 0.717) is 6.92 Å². The summed E-state index contributed by atoms with van der Waals surface area (Å²) in [7, 11) is 0. The second kappa shape index (κ2) is 1.98. The Bertz CT molecular complexity index is 115. The van der Waals surface area contributed by atoms with Crippen LogP contribution in [-0.4, -0.2) is 23.2 Å². The molecule has 0 aliphatic rings. The number of carbonyl (C=O) groups is 1. The van der Waals surface area contributed by atoms with Gasteiger partial charge >= 0.3 is 6.18 Å². The molecule has 1 N–H and O–H groups in total.